The Kier molecular flexibility index (Phi) is 9.23. The summed E-state index contributed by atoms with van der Waals surface area (Å²) in [6, 6.07) is 10.8. The van der Waals surface area contributed by atoms with Crippen molar-refractivity contribution in [2.24, 2.45) is 12.5 Å². The van der Waals surface area contributed by atoms with Crippen LogP contribution in [0.2, 0.25) is 0 Å². The zero-order chi connectivity index (χ0) is 39.3. The fourth-order valence-electron chi connectivity index (χ4n) is 8.06. The van der Waals surface area contributed by atoms with Crippen molar-refractivity contribution in [3.05, 3.63) is 60.7 Å². The molecule has 3 aliphatic rings. The molecule has 2 aromatic carbocycles. The van der Waals surface area contributed by atoms with Gasteiger partial charge in [-0.25, -0.2) is 15.0 Å². The van der Waals surface area contributed by atoms with Gasteiger partial charge in [0.1, 0.15) is 28.6 Å². The lowest BCUT2D eigenvalue weighted by molar-refractivity contribution is 0.0678. The highest BCUT2D eigenvalue weighted by Gasteiger charge is 2.46. The van der Waals surface area contributed by atoms with Crippen molar-refractivity contribution in [2.45, 2.75) is 58.2 Å². The maximum Gasteiger partial charge on any atom is 0.245 e. The van der Waals surface area contributed by atoms with Crippen LogP contribution in [0.4, 0.5) is 11.9 Å². The Balaban J connectivity index is 0.755. The van der Waals surface area contributed by atoms with Gasteiger partial charge >= 0.3 is 0 Å². The highest BCUT2D eigenvalue weighted by molar-refractivity contribution is 5.72. The van der Waals surface area contributed by atoms with E-state index < -0.39 is 0 Å². The Morgan fingerprint density at radius 2 is 1.44 bits per heavy atom. The summed E-state index contributed by atoms with van der Waals surface area (Å²) in [6.45, 7) is 12.5. The maximum atomic E-state index is 11.0. The van der Waals surface area contributed by atoms with Gasteiger partial charge in [0.2, 0.25) is 23.6 Å². The number of tetrazole rings is 1. The third kappa shape index (κ3) is 7.69. The second kappa shape index (κ2) is 14.4. The summed E-state index contributed by atoms with van der Waals surface area (Å²) in [5.74, 6) is 2.93. The van der Waals surface area contributed by atoms with Gasteiger partial charge in [0.05, 0.1) is 32.2 Å². The number of aromatic hydroxyl groups is 2. The van der Waals surface area contributed by atoms with Crippen LogP contribution in [0.25, 0.3) is 45.4 Å². The molecule has 3 N–H and O–H groups in total. The van der Waals surface area contributed by atoms with Gasteiger partial charge in [0.25, 0.3) is 0 Å². The van der Waals surface area contributed by atoms with E-state index in [4.69, 9.17) is 4.42 Å². The molecule has 1 unspecified atom stereocenters. The number of phenols is 2. The molecule has 0 bridgehead atoms. The van der Waals surface area contributed by atoms with Gasteiger partial charge in [-0.3, -0.25) is 4.90 Å². The van der Waals surface area contributed by atoms with Crippen LogP contribution in [-0.4, -0.2) is 122 Å². The quantitative estimate of drug-likeness (QED) is 0.191. The second-order valence-corrected chi connectivity index (χ2v) is 16.4. The molecule has 6 aromatic rings. The summed E-state index contributed by atoms with van der Waals surface area (Å²) in [5.41, 5.74) is 3.65. The molecule has 0 saturated carbocycles. The predicted octanol–water partition coefficient (Wildman–Crippen LogP) is 3.72. The minimum Gasteiger partial charge on any atom is -0.507 e. The molecule has 3 fully saturated rings. The van der Waals surface area contributed by atoms with Crippen LogP contribution in [0.1, 0.15) is 45.8 Å². The smallest absolute Gasteiger partial charge is 0.245 e. The number of anilines is 2. The molecule has 0 amide bonds. The number of piperidine rings is 1. The molecule has 4 aromatic heterocycles. The lowest BCUT2D eigenvalue weighted by atomic mass is 9.72. The van der Waals surface area contributed by atoms with Crippen molar-refractivity contribution in [2.75, 3.05) is 49.1 Å². The van der Waals surface area contributed by atoms with Gasteiger partial charge in [0, 0.05) is 65.4 Å². The summed E-state index contributed by atoms with van der Waals surface area (Å²) in [5, 5.41) is 54.8. The number of likely N-dealkylation sites (tertiary alicyclic amines) is 1. The van der Waals surface area contributed by atoms with E-state index in [1.165, 1.54) is 4.80 Å². The number of benzene rings is 2. The van der Waals surface area contributed by atoms with Crippen LogP contribution in [-0.2, 0) is 13.6 Å². The first-order valence-corrected chi connectivity index (χ1v) is 19.2. The summed E-state index contributed by atoms with van der Waals surface area (Å²) in [6.07, 6.45) is 8.20. The van der Waals surface area contributed by atoms with Crippen molar-refractivity contribution < 1.29 is 14.6 Å². The molecule has 3 aliphatic heterocycles. The van der Waals surface area contributed by atoms with Crippen LogP contribution in [0.15, 0.2) is 59.4 Å². The van der Waals surface area contributed by atoms with E-state index in [1.54, 1.807) is 49.9 Å². The molecular weight excluding hydrogens is 727 g/mol. The Hall–Kier alpha value is -6.14. The number of aromatic nitrogens is 11. The molecule has 7 heterocycles. The molecule has 9 rings (SSSR count). The molecular formula is C39H45N15O3. The molecule has 0 aliphatic carbocycles. The number of oxazole rings is 1. The van der Waals surface area contributed by atoms with Crippen LogP contribution in [0, 0.1) is 5.41 Å². The van der Waals surface area contributed by atoms with Crippen LogP contribution < -0.4 is 15.1 Å². The van der Waals surface area contributed by atoms with E-state index in [2.05, 4.69) is 91.5 Å². The molecule has 57 heavy (non-hydrogen) atoms. The average molecular weight is 772 g/mol. The van der Waals surface area contributed by atoms with Gasteiger partial charge in [-0.15, -0.1) is 30.6 Å². The zero-order valence-electron chi connectivity index (χ0n) is 32.4. The normalized spacial score (nSPS) is 18.4. The summed E-state index contributed by atoms with van der Waals surface area (Å²) >= 11 is 0. The van der Waals surface area contributed by atoms with Gasteiger partial charge in [-0.05, 0) is 88.7 Å². The molecule has 3 saturated heterocycles. The molecule has 18 nitrogen and oxygen atoms in total. The van der Waals surface area contributed by atoms with Gasteiger partial charge in [0.15, 0.2) is 0 Å². The lowest BCUT2D eigenvalue weighted by Crippen LogP contribution is -2.60. The molecule has 1 spiro atoms. The third-order valence-electron chi connectivity index (χ3n) is 11.0. The van der Waals surface area contributed by atoms with Gasteiger partial charge < -0.3 is 29.7 Å². The monoisotopic (exact) mass is 771 g/mol. The van der Waals surface area contributed by atoms with E-state index in [0.29, 0.717) is 69.8 Å². The topological polar surface area (TPSA) is 209 Å². The van der Waals surface area contributed by atoms with Crippen LogP contribution in [0.5, 0.6) is 11.5 Å². The summed E-state index contributed by atoms with van der Waals surface area (Å²) < 4.78 is 6.16. The Morgan fingerprint density at radius 3 is 2.04 bits per heavy atom. The number of aryl methyl sites for hydroxylation is 1. The van der Waals surface area contributed by atoms with Crippen molar-refractivity contribution in [1.82, 2.24) is 65.8 Å². The number of hydrogen-bond acceptors (Lipinski definition) is 17. The standard InChI is InChI=1S/C39H45N15O3/c1-38(2,3)43-26-9-12-53(20-26)36-41-18-30(44-47-36)29-8-6-25(16-33(29)56)35-40-17-27(57-35)21-52-13-10-39(11-14-52)22-54(23-39)37-42-19-31(45-48-37)28-7-5-24(15-32(28)55)34-46-50-51(4)49-34/h5-8,15-19,26,43,55-56H,9-14,20-23H2,1-4H3. The lowest BCUT2D eigenvalue weighted by Gasteiger charge is -2.53. The fraction of sp³-hybridized carbons (Fsp3) is 0.436. The SMILES string of the molecule is Cn1nnc(-c2ccc(-c3cnc(N4CC5(CCN(Cc6cnc(-c7ccc(-c8cnc(N9CCC(NC(C)(C)C)C9)nn8)c(O)c7)o6)CC5)C4)nn3)c(O)c2)n1. The number of hydrogen-bond donors (Lipinski definition) is 3. The first-order valence-electron chi connectivity index (χ1n) is 19.2. The number of nitrogens with one attached hydrogen (secondary N) is 1. The van der Waals surface area contributed by atoms with E-state index >= 15 is 0 Å². The summed E-state index contributed by atoms with van der Waals surface area (Å²) in [7, 11) is 1.69. The Bertz CT molecular complexity index is 2360. The average Bonchev–Trinajstić information content (AvgIpc) is 3.96. The predicted molar refractivity (Wildman–Crippen MR) is 210 cm³/mol. The summed E-state index contributed by atoms with van der Waals surface area (Å²) in [4.78, 5) is 21.7. The van der Waals surface area contributed by atoms with Crippen LogP contribution >= 0.6 is 0 Å². The molecule has 0 radical (unpaired) electrons. The van der Waals surface area contributed by atoms with Crippen molar-refractivity contribution in [1.29, 1.82) is 0 Å². The highest BCUT2D eigenvalue weighted by atomic mass is 16.4. The highest BCUT2D eigenvalue weighted by Crippen LogP contribution is 2.42. The molecule has 18 heteroatoms. The van der Waals surface area contributed by atoms with E-state index in [1.807, 2.05) is 12.1 Å². The number of phenolic OH excluding ortho intramolecular Hbond substituents is 2. The van der Waals surface area contributed by atoms with E-state index in [-0.39, 0.29) is 22.5 Å². The first-order chi connectivity index (χ1) is 27.5. The minimum absolute atomic E-state index is 0.0417. The van der Waals surface area contributed by atoms with Crippen LogP contribution in [0.3, 0.4) is 0 Å². The van der Waals surface area contributed by atoms with Crippen molar-refractivity contribution in [3.63, 3.8) is 0 Å². The Labute approximate surface area is 329 Å². The second-order valence-electron chi connectivity index (χ2n) is 16.4. The molecule has 294 valence electrons. The third-order valence-corrected chi connectivity index (χ3v) is 11.0. The fourth-order valence-corrected chi connectivity index (χ4v) is 8.06. The van der Waals surface area contributed by atoms with Gasteiger partial charge in [-0.2, -0.15) is 4.80 Å². The van der Waals surface area contributed by atoms with E-state index in [0.717, 1.165) is 64.3 Å². The van der Waals surface area contributed by atoms with Gasteiger partial charge in [-0.1, -0.05) is 6.07 Å². The zero-order valence-corrected chi connectivity index (χ0v) is 32.4. The number of rotatable bonds is 9. The molecule has 1 atom stereocenters. The maximum absolute atomic E-state index is 11.0. The number of nitrogens with zero attached hydrogens (tertiary/aromatic N) is 14. The van der Waals surface area contributed by atoms with Crippen molar-refractivity contribution in [3.8, 4) is 56.9 Å². The van der Waals surface area contributed by atoms with Crippen molar-refractivity contribution >= 4 is 11.9 Å². The minimum atomic E-state index is 0.0417. The largest absolute Gasteiger partial charge is 0.507 e. The van der Waals surface area contributed by atoms with E-state index in [9.17, 15) is 10.2 Å². The first kappa shape index (κ1) is 36.5. The Morgan fingerprint density at radius 1 is 0.789 bits per heavy atom.